The third-order valence-corrected chi connectivity index (χ3v) is 1.03. The minimum absolute atomic E-state index is 0. The van der Waals surface area contributed by atoms with E-state index in [-0.39, 0.29) is 42.4 Å². The summed E-state index contributed by atoms with van der Waals surface area (Å²) in [6, 6.07) is 0. The molecule has 3 N–H and O–H groups in total. The number of nitrogens with one attached hydrogen (secondary N) is 1. The molecule has 0 amide bonds. The summed E-state index contributed by atoms with van der Waals surface area (Å²) in [7, 11) is 0. The van der Waals surface area contributed by atoms with E-state index >= 15 is 0 Å². The molecule has 0 aromatic rings. The molecule has 0 atom stereocenters. The van der Waals surface area contributed by atoms with Gasteiger partial charge in [-0.1, -0.05) is 0 Å². The smallest absolute Gasteiger partial charge is 0.304 e. The summed E-state index contributed by atoms with van der Waals surface area (Å²) in [6.07, 6.45) is 0.0548. The van der Waals surface area contributed by atoms with E-state index in [1.165, 1.54) is 0 Å². The van der Waals surface area contributed by atoms with Gasteiger partial charge in [-0.2, -0.15) is 0 Å². The predicted octanol–water partition coefficient (Wildman–Crippen LogP) is -0.855. The van der Waals surface area contributed by atoms with E-state index in [0.29, 0.717) is 13.1 Å². The van der Waals surface area contributed by atoms with Gasteiger partial charge in [0.2, 0.25) is 0 Å². The Morgan fingerprint density at radius 3 is 1.58 bits per heavy atom. The van der Waals surface area contributed by atoms with Gasteiger partial charge >= 0.3 is 11.9 Å². The minimum Gasteiger partial charge on any atom is -0.481 e. The van der Waals surface area contributed by atoms with E-state index in [4.69, 9.17) is 10.2 Å². The molecular formula is C6H11NNaO4. The van der Waals surface area contributed by atoms with Crippen molar-refractivity contribution in [2.75, 3.05) is 13.1 Å². The van der Waals surface area contributed by atoms with Gasteiger partial charge in [0.1, 0.15) is 0 Å². The van der Waals surface area contributed by atoms with E-state index in [9.17, 15) is 9.59 Å². The fourth-order valence-corrected chi connectivity index (χ4v) is 0.516. The summed E-state index contributed by atoms with van der Waals surface area (Å²) < 4.78 is 0. The van der Waals surface area contributed by atoms with Crippen LogP contribution in [-0.4, -0.2) is 64.8 Å². The standard InChI is InChI=1S/C6H11NO4.Na/c8-5(9)1-3-7-4-2-6(10)11;/h7H,1-4H2,(H,8,9)(H,10,11);. The van der Waals surface area contributed by atoms with Crippen molar-refractivity contribution >= 4 is 41.5 Å². The molecule has 12 heavy (non-hydrogen) atoms. The number of hydrogen-bond acceptors (Lipinski definition) is 3. The minimum atomic E-state index is -0.882. The van der Waals surface area contributed by atoms with Gasteiger partial charge in [-0.15, -0.1) is 0 Å². The van der Waals surface area contributed by atoms with Crippen LogP contribution in [0.2, 0.25) is 0 Å². The van der Waals surface area contributed by atoms with Crippen LogP contribution in [0.15, 0.2) is 0 Å². The normalized spacial score (nSPS) is 8.67. The number of carboxylic acid groups (broad SMARTS) is 2. The molecule has 0 rings (SSSR count). The van der Waals surface area contributed by atoms with Crippen LogP contribution in [0.4, 0.5) is 0 Å². The Hall–Kier alpha value is -0.100. The Balaban J connectivity index is 0. The number of hydrogen-bond donors (Lipinski definition) is 3. The van der Waals surface area contributed by atoms with E-state index in [0.717, 1.165) is 0 Å². The SMILES string of the molecule is O=C(O)CCNCCC(=O)O.[Na]. The second kappa shape index (κ2) is 8.99. The molecule has 0 aliphatic heterocycles. The van der Waals surface area contributed by atoms with Crippen LogP contribution < -0.4 is 5.32 Å². The average molecular weight is 184 g/mol. The van der Waals surface area contributed by atoms with E-state index < -0.39 is 11.9 Å². The van der Waals surface area contributed by atoms with Crippen LogP contribution in [0, 0.1) is 0 Å². The van der Waals surface area contributed by atoms with Crippen molar-refractivity contribution in [1.82, 2.24) is 5.32 Å². The summed E-state index contributed by atoms with van der Waals surface area (Å²) in [6.45, 7) is 0.644. The van der Waals surface area contributed by atoms with Crippen LogP contribution in [0.5, 0.6) is 0 Å². The molecule has 0 aliphatic rings. The molecular weight excluding hydrogens is 173 g/mol. The van der Waals surface area contributed by atoms with Crippen molar-refractivity contribution in [3.05, 3.63) is 0 Å². The van der Waals surface area contributed by atoms with Gasteiger partial charge in [0.15, 0.2) is 0 Å². The van der Waals surface area contributed by atoms with E-state index in [2.05, 4.69) is 5.32 Å². The second-order valence-electron chi connectivity index (χ2n) is 2.04. The molecule has 0 fully saturated rings. The van der Waals surface area contributed by atoms with Gasteiger partial charge in [0.25, 0.3) is 0 Å². The first-order chi connectivity index (χ1) is 5.13. The van der Waals surface area contributed by atoms with Crippen LogP contribution >= 0.6 is 0 Å². The third kappa shape index (κ3) is 12.6. The summed E-state index contributed by atoms with van der Waals surface area (Å²) in [5, 5.41) is 19.0. The van der Waals surface area contributed by atoms with Gasteiger partial charge in [0.05, 0.1) is 12.8 Å². The number of rotatable bonds is 6. The predicted molar refractivity (Wildman–Crippen MR) is 43.1 cm³/mol. The van der Waals surface area contributed by atoms with Gasteiger partial charge < -0.3 is 15.5 Å². The molecule has 0 unspecified atom stereocenters. The monoisotopic (exact) mass is 184 g/mol. The van der Waals surface area contributed by atoms with Crippen LogP contribution in [0.25, 0.3) is 0 Å². The van der Waals surface area contributed by atoms with E-state index in [1.54, 1.807) is 0 Å². The number of carbonyl (C=O) groups is 2. The Morgan fingerprint density at radius 2 is 1.33 bits per heavy atom. The van der Waals surface area contributed by atoms with Crippen molar-refractivity contribution in [1.29, 1.82) is 0 Å². The van der Waals surface area contributed by atoms with Crippen molar-refractivity contribution in [2.45, 2.75) is 12.8 Å². The van der Waals surface area contributed by atoms with Crippen LogP contribution in [0.1, 0.15) is 12.8 Å². The maximum Gasteiger partial charge on any atom is 0.304 e. The van der Waals surface area contributed by atoms with Crippen molar-refractivity contribution in [3.63, 3.8) is 0 Å². The van der Waals surface area contributed by atoms with Crippen LogP contribution in [-0.2, 0) is 9.59 Å². The molecule has 0 aromatic heterocycles. The molecule has 5 nitrogen and oxygen atoms in total. The molecule has 0 saturated heterocycles. The summed E-state index contributed by atoms with van der Waals surface area (Å²) in [4.78, 5) is 19.9. The molecule has 0 spiro atoms. The number of aliphatic carboxylic acids is 2. The Bertz CT molecular complexity index is 134. The Kier molecular flexibility index (Phi) is 10.8. The Morgan fingerprint density at radius 1 is 1.00 bits per heavy atom. The topological polar surface area (TPSA) is 86.6 Å². The zero-order valence-corrected chi connectivity index (χ0v) is 9.04. The zero-order valence-electron chi connectivity index (χ0n) is 7.04. The average Bonchev–Trinajstić information content (AvgIpc) is 1.85. The van der Waals surface area contributed by atoms with Gasteiger partial charge in [-0.05, 0) is 0 Å². The molecule has 1 radical (unpaired) electrons. The van der Waals surface area contributed by atoms with Gasteiger partial charge in [0, 0.05) is 42.6 Å². The van der Waals surface area contributed by atoms with E-state index in [1.807, 2.05) is 0 Å². The summed E-state index contributed by atoms with van der Waals surface area (Å²) >= 11 is 0. The maximum atomic E-state index is 9.94. The first kappa shape index (κ1) is 14.4. The van der Waals surface area contributed by atoms with Gasteiger partial charge in [-0.25, -0.2) is 0 Å². The molecule has 0 bridgehead atoms. The maximum absolute atomic E-state index is 9.94. The van der Waals surface area contributed by atoms with Crippen LogP contribution in [0.3, 0.4) is 0 Å². The molecule has 6 heteroatoms. The zero-order chi connectivity index (χ0) is 8.69. The fraction of sp³-hybridized carbons (Fsp3) is 0.667. The second-order valence-corrected chi connectivity index (χ2v) is 2.04. The number of carboxylic acids is 2. The fourth-order valence-electron chi connectivity index (χ4n) is 0.516. The molecule has 0 saturated carbocycles. The van der Waals surface area contributed by atoms with Crippen molar-refractivity contribution in [3.8, 4) is 0 Å². The first-order valence-corrected chi connectivity index (χ1v) is 3.27. The Labute approximate surface area is 92.4 Å². The van der Waals surface area contributed by atoms with Gasteiger partial charge in [-0.3, -0.25) is 9.59 Å². The largest absolute Gasteiger partial charge is 0.481 e. The van der Waals surface area contributed by atoms with Crippen molar-refractivity contribution in [2.24, 2.45) is 0 Å². The molecule has 0 aliphatic carbocycles. The molecule has 65 valence electrons. The summed E-state index contributed by atoms with van der Waals surface area (Å²) in [5.74, 6) is -1.76. The first-order valence-electron chi connectivity index (χ1n) is 3.27. The summed E-state index contributed by atoms with van der Waals surface area (Å²) in [5.41, 5.74) is 0. The van der Waals surface area contributed by atoms with Crippen molar-refractivity contribution < 1.29 is 19.8 Å². The quantitative estimate of drug-likeness (QED) is 0.369. The third-order valence-electron chi connectivity index (χ3n) is 1.03. The molecule has 0 aromatic carbocycles. The molecule has 0 heterocycles.